The smallest absolute Gasteiger partial charge is 0.305 e. The molecular formula is C75H149NO5. The Morgan fingerprint density at radius 2 is 0.506 bits per heavy atom. The summed E-state index contributed by atoms with van der Waals surface area (Å²) in [4.78, 5) is 24.6. The minimum atomic E-state index is -0.661. The van der Waals surface area contributed by atoms with Gasteiger partial charge in [0.15, 0.2) is 0 Å². The molecule has 0 radical (unpaired) electrons. The highest BCUT2D eigenvalue weighted by atomic mass is 16.5. The van der Waals surface area contributed by atoms with Crippen LogP contribution in [0.1, 0.15) is 444 Å². The van der Waals surface area contributed by atoms with E-state index in [1.165, 1.54) is 372 Å². The lowest BCUT2D eigenvalue weighted by molar-refractivity contribution is -0.143. The minimum Gasteiger partial charge on any atom is -0.466 e. The number of carbonyl (C=O) groups is 2. The number of aliphatic hydroxyl groups is 2. The summed E-state index contributed by atoms with van der Waals surface area (Å²) < 4.78 is 5.51. The lowest BCUT2D eigenvalue weighted by Gasteiger charge is -2.22. The van der Waals surface area contributed by atoms with Crippen LogP contribution in [-0.2, 0) is 14.3 Å². The van der Waals surface area contributed by atoms with E-state index in [1.807, 2.05) is 0 Å². The van der Waals surface area contributed by atoms with E-state index in [0.717, 1.165) is 38.5 Å². The van der Waals surface area contributed by atoms with Crippen molar-refractivity contribution in [2.45, 2.75) is 456 Å². The Morgan fingerprint density at radius 3 is 0.753 bits per heavy atom. The van der Waals surface area contributed by atoms with Gasteiger partial charge in [0, 0.05) is 12.8 Å². The summed E-state index contributed by atoms with van der Waals surface area (Å²) in [7, 11) is 0. The number of hydrogen-bond donors (Lipinski definition) is 3. The number of rotatable bonds is 72. The van der Waals surface area contributed by atoms with Gasteiger partial charge in [-0.3, -0.25) is 9.59 Å². The van der Waals surface area contributed by atoms with Gasteiger partial charge in [-0.1, -0.05) is 406 Å². The molecule has 6 heteroatoms. The van der Waals surface area contributed by atoms with Crippen LogP contribution in [-0.4, -0.2) is 47.4 Å². The molecule has 0 saturated carbocycles. The number of unbranched alkanes of at least 4 members (excludes halogenated alkanes) is 61. The first-order valence-corrected chi connectivity index (χ1v) is 37.8. The average molecular weight is 1150 g/mol. The normalized spacial score (nSPS) is 12.4. The van der Waals surface area contributed by atoms with Crippen LogP contribution in [0.3, 0.4) is 0 Å². The maximum absolute atomic E-state index is 12.5. The fraction of sp³-hybridized carbons (Fsp3) is 0.973. The van der Waals surface area contributed by atoms with Crippen LogP contribution in [0.25, 0.3) is 0 Å². The van der Waals surface area contributed by atoms with Gasteiger partial charge < -0.3 is 20.3 Å². The third-order valence-electron chi connectivity index (χ3n) is 18.2. The summed E-state index contributed by atoms with van der Waals surface area (Å²) in [5.41, 5.74) is 0. The summed E-state index contributed by atoms with van der Waals surface area (Å²) in [5, 5.41) is 23.4. The zero-order chi connectivity index (χ0) is 58.5. The first-order valence-electron chi connectivity index (χ1n) is 37.8. The van der Waals surface area contributed by atoms with Crippen LogP contribution in [0.4, 0.5) is 0 Å². The van der Waals surface area contributed by atoms with E-state index >= 15 is 0 Å². The van der Waals surface area contributed by atoms with Crippen molar-refractivity contribution in [2.24, 2.45) is 0 Å². The molecule has 6 nitrogen and oxygen atoms in total. The van der Waals surface area contributed by atoms with Crippen LogP contribution in [0, 0.1) is 0 Å². The SMILES string of the molecule is CCCCCCCCCCCCCCCCCCCCC(O)C(CO)NC(=O)CCCCCCCCCCCCCCCCCCCCCCCCCCCCCCCOC(=O)CCCCCCCCCCCCCCCCCCC. The number of aliphatic hydroxyl groups excluding tert-OH is 2. The highest BCUT2D eigenvalue weighted by molar-refractivity contribution is 5.76. The number of carbonyl (C=O) groups excluding carboxylic acids is 2. The zero-order valence-corrected chi connectivity index (χ0v) is 55.6. The Bertz CT molecular complexity index is 1180. The number of ether oxygens (including phenoxy) is 1. The molecule has 2 atom stereocenters. The molecule has 1 amide bonds. The minimum absolute atomic E-state index is 0.0249. The van der Waals surface area contributed by atoms with Crippen molar-refractivity contribution in [1.82, 2.24) is 5.32 Å². The molecule has 3 N–H and O–H groups in total. The van der Waals surface area contributed by atoms with Crippen LogP contribution >= 0.6 is 0 Å². The lowest BCUT2D eigenvalue weighted by atomic mass is 10.0. The Hall–Kier alpha value is -1.14. The number of esters is 1. The third kappa shape index (κ3) is 67.9. The quantitative estimate of drug-likeness (QED) is 0.0417. The molecule has 0 aromatic carbocycles. The maximum Gasteiger partial charge on any atom is 0.305 e. The highest BCUT2D eigenvalue weighted by Gasteiger charge is 2.20. The summed E-state index contributed by atoms with van der Waals surface area (Å²) in [6.45, 7) is 5.01. The van der Waals surface area contributed by atoms with Gasteiger partial charge in [-0.25, -0.2) is 0 Å². The topological polar surface area (TPSA) is 95.9 Å². The van der Waals surface area contributed by atoms with E-state index < -0.39 is 12.1 Å². The highest BCUT2D eigenvalue weighted by Crippen LogP contribution is 2.20. The van der Waals surface area contributed by atoms with Gasteiger partial charge in [0.05, 0.1) is 25.4 Å². The Labute approximate surface area is 508 Å². The van der Waals surface area contributed by atoms with Crippen LogP contribution in [0.15, 0.2) is 0 Å². The lowest BCUT2D eigenvalue weighted by Crippen LogP contribution is -2.45. The zero-order valence-electron chi connectivity index (χ0n) is 55.6. The number of amides is 1. The number of hydrogen-bond acceptors (Lipinski definition) is 5. The van der Waals surface area contributed by atoms with Crippen LogP contribution in [0.2, 0.25) is 0 Å². The summed E-state index contributed by atoms with van der Waals surface area (Å²) in [5.74, 6) is -0.00136. The van der Waals surface area contributed by atoms with Gasteiger partial charge in [-0.15, -0.1) is 0 Å². The van der Waals surface area contributed by atoms with Gasteiger partial charge in [0.2, 0.25) is 5.91 Å². The molecule has 0 aliphatic heterocycles. The van der Waals surface area contributed by atoms with Gasteiger partial charge in [0.25, 0.3) is 0 Å². The van der Waals surface area contributed by atoms with Crippen LogP contribution in [0.5, 0.6) is 0 Å². The van der Waals surface area contributed by atoms with Gasteiger partial charge >= 0.3 is 5.97 Å². The van der Waals surface area contributed by atoms with Crippen molar-refractivity contribution < 1.29 is 24.5 Å². The summed E-state index contributed by atoms with van der Waals surface area (Å²) in [6, 6.07) is -0.538. The average Bonchev–Trinajstić information content (AvgIpc) is 3.47. The molecule has 0 aromatic rings. The first-order chi connectivity index (χ1) is 40.0. The van der Waals surface area contributed by atoms with Crippen molar-refractivity contribution in [3.05, 3.63) is 0 Å². The molecule has 0 rings (SSSR count). The fourth-order valence-corrected chi connectivity index (χ4v) is 12.4. The van der Waals surface area contributed by atoms with Crippen LogP contribution < -0.4 is 5.32 Å². The summed E-state index contributed by atoms with van der Waals surface area (Å²) >= 11 is 0. The predicted octanol–water partition coefficient (Wildman–Crippen LogP) is 24.5. The maximum atomic E-state index is 12.5. The predicted molar refractivity (Wildman–Crippen MR) is 357 cm³/mol. The standard InChI is InChI=1S/C75H149NO5/c1-3-5-7-9-11-13-15-17-19-21-36-39-43-47-51-55-59-63-67-73(78)72(71-77)76-74(79)68-64-60-56-52-48-44-40-37-33-31-29-27-25-23-22-24-26-28-30-32-34-38-42-46-50-54-58-62-66-70-81-75(80)69-65-61-57-53-49-45-41-35-20-18-16-14-12-10-8-6-4-2/h72-73,77-78H,3-71H2,1-2H3,(H,76,79). The van der Waals surface area contributed by atoms with Gasteiger partial charge in [-0.2, -0.15) is 0 Å². The van der Waals surface area contributed by atoms with Crippen molar-refractivity contribution in [1.29, 1.82) is 0 Å². The molecule has 0 saturated heterocycles. The fourth-order valence-electron chi connectivity index (χ4n) is 12.4. The molecule has 0 fully saturated rings. The van der Waals surface area contributed by atoms with Crippen molar-refractivity contribution in [3.8, 4) is 0 Å². The molecule has 0 aromatic heterocycles. The van der Waals surface area contributed by atoms with Crippen molar-refractivity contribution in [3.63, 3.8) is 0 Å². The van der Waals surface area contributed by atoms with E-state index in [-0.39, 0.29) is 18.5 Å². The molecule has 81 heavy (non-hydrogen) atoms. The van der Waals surface area contributed by atoms with Gasteiger partial charge in [0.1, 0.15) is 0 Å². The van der Waals surface area contributed by atoms with E-state index in [4.69, 9.17) is 4.74 Å². The van der Waals surface area contributed by atoms with Gasteiger partial charge in [-0.05, 0) is 25.7 Å². The van der Waals surface area contributed by atoms with E-state index in [9.17, 15) is 19.8 Å². The number of nitrogens with one attached hydrogen (secondary N) is 1. The molecular weight excluding hydrogens is 995 g/mol. The molecule has 0 spiro atoms. The Balaban J connectivity index is 3.31. The third-order valence-corrected chi connectivity index (χ3v) is 18.2. The molecule has 0 bridgehead atoms. The second-order valence-electron chi connectivity index (χ2n) is 26.4. The van der Waals surface area contributed by atoms with Crippen molar-refractivity contribution >= 4 is 11.9 Å². The molecule has 2 unspecified atom stereocenters. The second kappa shape index (κ2) is 71.3. The largest absolute Gasteiger partial charge is 0.466 e. The molecule has 0 aliphatic rings. The monoisotopic (exact) mass is 1140 g/mol. The second-order valence-corrected chi connectivity index (χ2v) is 26.4. The van der Waals surface area contributed by atoms with E-state index in [1.54, 1.807) is 0 Å². The van der Waals surface area contributed by atoms with E-state index in [0.29, 0.717) is 25.9 Å². The Kier molecular flexibility index (Phi) is 70.3. The first kappa shape index (κ1) is 79.9. The van der Waals surface area contributed by atoms with Crippen molar-refractivity contribution in [2.75, 3.05) is 13.2 Å². The molecule has 0 heterocycles. The van der Waals surface area contributed by atoms with E-state index in [2.05, 4.69) is 19.2 Å². The molecule has 0 aliphatic carbocycles. The Morgan fingerprint density at radius 1 is 0.296 bits per heavy atom. The molecule has 484 valence electrons. The summed E-state index contributed by atoms with van der Waals surface area (Å²) in [6.07, 6.45) is 87.5.